The summed E-state index contributed by atoms with van der Waals surface area (Å²) in [5.41, 5.74) is 0.587. The van der Waals surface area contributed by atoms with Crippen LogP contribution in [0.1, 0.15) is 17.3 Å². The second-order valence-corrected chi connectivity index (χ2v) is 7.39. The van der Waals surface area contributed by atoms with Crippen LogP contribution in [0, 0.1) is 0 Å². The molecule has 1 heterocycles. The zero-order chi connectivity index (χ0) is 16.2. The van der Waals surface area contributed by atoms with E-state index in [1.54, 1.807) is 12.1 Å². The molecule has 122 valence electrons. The molecule has 1 fully saturated rings. The molecule has 0 atom stereocenters. The van der Waals surface area contributed by atoms with Gasteiger partial charge in [0.1, 0.15) is 12.4 Å². The Morgan fingerprint density at radius 3 is 2.41 bits per heavy atom. The van der Waals surface area contributed by atoms with Crippen LogP contribution in [0.5, 0.6) is 5.75 Å². The summed E-state index contributed by atoms with van der Waals surface area (Å²) in [6, 6.07) is 7.20. The molecule has 22 heavy (non-hydrogen) atoms. The van der Waals surface area contributed by atoms with Crippen molar-refractivity contribution >= 4 is 15.8 Å². The third-order valence-corrected chi connectivity index (χ3v) is 5.03. The summed E-state index contributed by atoms with van der Waals surface area (Å²) in [6.45, 7) is 5.14. The minimum atomic E-state index is -3.09. The molecule has 2 rings (SSSR count). The number of piperazine rings is 1. The number of benzene rings is 1. The zero-order valence-corrected chi connectivity index (χ0v) is 13.8. The van der Waals surface area contributed by atoms with E-state index in [2.05, 4.69) is 4.90 Å². The van der Waals surface area contributed by atoms with Gasteiger partial charge in [-0.25, -0.2) is 8.42 Å². The second-order valence-electron chi connectivity index (χ2n) is 5.40. The van der Waals surface area contributed by atoms with Crippen molar-refractivity contribution in [2.75, 3.05) is 45.6 Å². The fraction of sp³-hybridized carbons (Fsp3) is 0.533. The third kappa shape index (κ3) is 4.53. The van der Waals surface area contributed by atoms with E-state index >= 15 is 0 Å². The summed E-state index contributed by atoms with van der Waals surface area (Å²) in [4.78, 5) is 13.7. The summed E-state index contributed by atoms with van der Waals surface area (Å²) in [7, 11) is -3.09. The number of nitrogens with zero attached hydrogens (tertiary/aromatic N) is 2. The molecule has 0 aliphatic carbocycles. The molecule has 0 N–H and O–H groups in total. The Labute approximate surface area is 131 Å². The highest BCUT2D eigenvalue weighted by molar-refractivity contribution is 7.88. The van der Waals surface area contributed by atoms with Gasteiger partial charge in [0, 0.05) is 32.7 Å². The van der Waals surface area contributed by atoms with Gasteiger partial charge >= 0.3 is 0 Å². The van der Waals surface area contributed by atoms with Crippen LogP contribution in [0.15, 0.2) is 24.3 Å². The van der Waals surface area contributed by atoms with Crippen molar-refractivity contribution in [2.24, 2.45) is 0 Å². The topological polar surface area (TPSA) is 66.9 Å². The monoisotopic (exact) mass is 326 g/mol. The van der Waals surface area contributed by atoms with E-state index in [0.717, 1.165) is 0 Å². The van der Waals surface area contributed by atoms with Gasteiger partial charge in [-0.05, 0) is 19.1 Å². The first-order chi connectivity index (χ1) is 10.4. The number of Topliss-reactive ketones (excluding diaryl/α,β-unsaturated/α-hetero) is 1. The molecule has 1 aromatic rings. The molecule has 0 aromatic heterocycles. The summed E-state index contributed by atoms with van der Waals surface area (Å²) in [5, 5.41) is 0. The van der Waals surface area contributed by atoms with E-state index in [-0.39, 0.29) is 5.78 Å². The van der Waals surface area contributed by atoms with Gasteiger partial charge in [0.2, 0.25) is 10.0 Å². The van der Waals surface area contributed by atoms with Gasteiger partial charge < -0.3 is 4.74 Å². The first kappa shape index (κ1) is 16.9. The van der Waals surface area contributed by atoms with Gasteiger partial charge in [-0.3, -0.25) is 9.69 Å². The van der Waals surface area contributed by atoms with Crippen LogP contribution in [0.4, 0.5) is 0 Å². The minimum absolute atomic E-state index is 0.0163. The van der Waals surface area contributed by atoms with Gasteiger partial charge in [0.15, 0.2) is 5.78 Å². The number of hydrogen-bond donors (Lipinski definition) is 0. The molecule has 0 saturated carbocycles. The van der Waals surface area contributed by atoms with E-state index in [1.165, 1.54) is 17.5 Å². The van der Waals surface area contributed by atoms with Gasteiger partial charge in [0.05, 0.1) is 11.8 Å². The highest BCUT2D eigenvalue weighted by atomic mass is 32.2. The van der Waals surface area contributed by atoms with Crippen LogP contribution in [-0.2, 0) is 10.0 Å². The van der Waals surface area contributed by atoms with Crippen molar-refractivity contribution in [1.82, 2.24) is 9.21 Å². The van der Waals surface area contributed by atoms with Crippen LogP contribution in [0.25, 0.3) is 0 Å². The predicted molar refractivity (Wildman–Crippen MR) is 84.8 cm³/mol. The number of para-hydroxylation sites is 1. The Balaban J connectivity index is 1.80. The lowest BCUT2D eigenvalue weighted by Crippen LogP contribution is -2.49. The highest BCUT2D eigenvalue weighted by Gasteiger charge is 2.23. The van der Waals surface area contributed by atoms with Gasteiger partial charge in [-0.2, -0.15) is 4.31 Å². The first-order valence-electron chi connectivity index (χ1n) is 7.28. The molecular formula is C15H22N2O4S. The average Bonchev–Trinajstić information content (AvgIpc) is 2.47. The van der Waals surface area contributed by atoms with Crippen molar-refractivity contribution in [3.05, 3.63) is 29.8 Å². The zero-order valence-electron chi connectivity index (χ0n) is 13.0. The number of ether oxygens (including phenoxy) is 1. The number of sulfonamides is 1. The Kier molecular flexibility index (Phi) is 5.55. The molecule has 7 heteroatoms. The van der Waals surface area contributed by atoms with Crippen LogP contribution >= 0.6 is 0 Å². The maximum absolute atomic E-state index is 11.5. The lowest BCUT2D eigenvalue weighted by Gasteiger charge is -2.33. The molecule has 1 saturated heterocycles. The molecule has 6 nitrogen and oxygen atoms in total. The molecule has 0 bridgehead atoms. The van der Waals surface area contributed by atoms with E-state index in [9.17, 15) is 13.2 Å². The summed E-state index contributed by atoms with van der Waals surface area (Å²) < 4.78 is 30.1. The van der Waals surface area contributed by atoms with E-state index in [0.29, 0.717) is 50.6 Å². The largest absolute Gasteiger partial charge is 0.491 e. The summed E-state index contributed by atoms with van der Waals surface area (Å²) in [5.74, 6) is 0.585. The lowest BCUT2D eigenvalue weighted by atomic mass is 10.1. The average molecular weight is 326 g/mol. The maximum atomic E-state index is 11.5. The van der Waals surface area contributed by atoms with Crippen LogP contribution < -0.4 is 4.74 Å². The molecule has 0 radical (unpaired) electrons. The van der Waals surface area contributed by atoms with Crippen molar-refractivity contribution in [1.29, 1.82) is 0 Å². The number of ketones is 1. The lowest BCUT2D eigenvalue weighted by molar-refractivity contribution is 0.101. The Hall–Kier alpha value is -1.44. The smallest absolute Gasteiger partial charge is 0.211 e. The highest BCUT2D eigenvalue weighted by Crippen LogP contribution is 2.18. The summed E-state index contributed by atoms with van der Waals surface area (Å²) >= 11 is 0. The molecular weight excluding hydrogens is 304 g/mol. The van der Waals surface area contributed by atoms with Gasteiger partial charge in [-0.15, -0.1) is 0 Å². The first-order valence-corrected chi connectivity index (χ1v) is 9.13. The Morgan fingerprint density at radius 2 is 1.82 bits per heavy atom. The van der Waals surface area contributed by atoms with Gasteiger partial charge in [0.25, 0.3) is 0 Å². The van der Waals surface area contributed by atoms with E-state index in [1.807, 2.05) is 12.1 Å². The van der Waals surface area contributed by atoms with Crippen LogP contribution in [0.2, 0.25) is 0 Å². The van der Waals surface area contributed by atoms with E-state index < -0.39 is 10.0 Å². The van der Waals surface area contributed by atoms with Crippen LogP contribution in [0.3, 0.4) is 0 Å². The maximum Gasteiger partial charge on any atom is 0.211 e. The fourth-order valence-electron chi connectivity index (χ4n) is 2.45. The van der Waals surface area contributed by atoms with Crippen molar-refractivity contribution < 1.29 is 17.9 Å². The molecule has 0 amide bonds. The van der Waals surface area contributed by atoms with Crippen molar-refractivity contribution in [3.8, 4) is 5.75 Å². The quantitative estimate of drug-likeness (QED) is 0.725. The molecule has 1 aliphatic rings. The standard InChI is InChI=1S/C15H22N2O4S/c1-13(18)14-5-3-4-6-15(14)21-12-11-16-7-9-17(10-8-16)22(2,19)20/h3-6H,7-12H2,1-2H3. The number of hydrogen-bond acceptors (Lipinski definition) is 5. The number of carbonyl (C=O) groups excluding carboxylic acids is 1. The summed E-state index contributed by atoms with van der Waals surface area (Å²) in [6.07, 6.45) is 1.24. The molecule has 0 spiro atoms. The number of carbonyl (C=O) groups is 1. The SMILES string of the molecule is CC(=O)c1ccccc1OCCN1CCN(S(C)(=O)=O)CC1. The van der Waals surface area contributed by atoms with Crippen molar-refractivity contribution in [2.45, 2.75) is 6.92 Å². The van der Waals surface area contributed by atoms with Crippen molar-refractivity contribution in [3.63, 3.8) is 0 Å². The number of rotatable bonds is 6. The molecule has 1 aliphatic heterocycles. The van der Waals surface area contributed by atoms with E-state index in [4.69, 9.17) is 4.74 Å². The fourth-order valence-corrected chi connectivity index (χ4v) is 3.28. The normalized spacial score (nSPS) is 17.4. The van der Waals surface area contributed by atoms with Gasteiger partial charge in [-0.1, -0.05) is 12.1 Å². The second kappa shape index (κ2) is 7.21. The minimum Gasteiger partial charge on any atom is -0.491 e. The Morgan fingerprint density at radius 1 is 1.18 bits per heavy atom. The molecule has 1 aromatic carbocycles. The molecule has 0 unspecified atom stereocenters. The Bertz CT molecular complexity index is 622. The van der Waals surface area contributed by atoms with Crippen LogP contribution in [-0.4, -0.2) is 69.0 Å². The third-order valence-electron chi connectivity index (χ3n) is 3.73. The predicted octanol–water partition coefficient (Wildman–Crippen LogP) is 0.845.